The Balaban J connectivity index is 1.42. The van der Waals surface area contributed by atoms with Crippen molar-refractivity contribution in [3.8, 4) is 0 Å². The zero-order valence-electron chi connectivity index (χ0n) is 14.5. The van der Waals surface area contributed by atoms with E-state index in [0.29, 0.717) is 42.8 Å². The lowest BCUT2D eigenvalue weighted by molar-refractivity contribution is 0.0667. The molecule has 138 valence electrons. The van der Waals surface area contributed by atoms with E-state index in [1.807, 2.05) is 24.3 Å². The van der Waals surface area contributed by atoms with Crippen molar-refractivity contribution in [2.75, 3.05) is 13.1 Å². The average Bonchev–Trinajstić information content (AvgIpc) is 3.22. The molecule has 2 aromatic heterocycles. The Morgan fingerprint density at radius 2 is 1.93 bits per heavy atom. The van der Waals surface area contributed by atoms with Crippen LogP contribution >= 0.6 is 11.6 Å². The van der Waals surface area contributed by atoms with Crippen LogP contribution < -0.4 is 5.32 Å². The van der Waals surface area contributed by atoms with Crippen molar-refractivity contribution in [2.45, 2.75) is 18.9 Å². The van der Waals surface area contributed by atoms with Gasteiger partial charge in [0.05, 0.1) is 17.3 Å². The topological polar surface area (TPSA) is 75.4 Å². The van der Waals surface area contributed by atoms with Gasteiger partial charge in [-0.25, -0.2) is 4.98 Å². The number of rotatable bonds is 3. The van der Waals surface area contributed by atoms with Crippen molar-refractivity contribution < 1.29 is 14.0 Å². The Bertz CT molecular complexity index is 979. The summed E-state index contributed by atoms with van der Waals surface area (Å²) in [4.78, 5) is 31.1. The second-order valence-corrected chi connectivity index (χ2v) is 6.91. The smallest absolute Gasteiger partial charge is 0.289 e. The number of hydrogen-bond acceptors (Lipinski definition) is 4. The Morgan fingerprint density at radius 1 is 1.15 bits per heavy atom. The van der Waals surface area contributed by atoms with E-state index in [1.54, 1.807) is 23.1 Å². The Kier molecular flexibility index (Phi) is 4.81. The Hall–Kier alpha value is -2.86. The molecule has 0 unspecified atom stereocenters. The van der Waals surface area contributed by atoms with Gasteiger partial charge in [-0.2, -0.15) is 0 Å². The fraction of sp³-hybridized carbons (Fsp3) is 0.250. The third kappa shape index (κ3) is 3.66. The van der Waals surface area contributed by atoms with Crippen molar-refractivity contribution in [1.29, 1.82) is 0 Å². The number of hydrogen-bond donors (Lipinski definition) is 1. The van der Waals surface area contributed by atoms with E-state index in [4.69, 9.17) is 16.0 Å². The second-order valence-electron chi connectivity index (χ2n) is 6.53. The van der Waals surface area contributed by atoms with Crippen molar-refractivity contribution in [2.24, 2.45) is 0 Å². The molecule has 0 spiro atoms. The molecule has 1 fully saturated rings. The maximum atomic E-state index is 12.8. The summed E-state index contributed by atoms with van der Waals surface area (Å²) in [6, 6.07) is 12.4. The van der Waals surface area contributed by atoms with Crippen LogP contribution in [0, 0.1) is 0 Å². The number of halogens is 1. The molecule has 2 amide bonds. The number of aromatic nitrogens is 1. The first kappa shape index (κ1) is 17.5. The highest BCUT2D eigenvalue weighted by Gasteiger charge is 2.26. The number of pyridine rings is 1. The van der Waals surface area contributed by atoms with Gasteiger partial charge in [-0.1, -0.05) is 29.8 Å². The van der Waals surface area contributed by atoms with E-state index < -0.39 is 0 Å². The quantitative estimate of drug-likeness (QED) is 0.702. The number of nitrogens with one attached hydrogen (secondary N) is 1. The highest BCUT2D eigenvalue weighted by molar-refractivity contribution is 6.30. The van der Waals surface area contributed by atoms with Gasteiger partial charge in [-0.05, 0) is 37.1 Å². The molecule has 0 saturated carbocycles. The fourth-order valence-corrected chi connectivity index (χ4v) is 3.58. The van der Waals surface area contributed by atoms with Crippen LogP contribution in [-0.4, -0.2) is 40.8 Å². The van der Waals surface area contributed by atoms with Crippen LogP contribution in [0.5, 0.6) is 0 Å². The minimum absolute atomic E-state index is 0.00357. The highest BCUT2D eigenvalue weighted by atomic mass is 35.5. The average molecular weight is 384 g/mol. The standard InChI is InChI=1S/C20H18ClN3O3/c21-18-12-15(14-4-1-2-5-16(14)23-18)19(25)22-13-7-9-24(10-8-13)20(26)17-6-3-11-27-17/h1-6,11-13H,7-10H2,(H,22,25). The van der Waals surface area contributed by atoms with Gasteiger partial charge in [0.25, 0.3) is 11.8 Å². The third-order valence-corrected chi connectivity index (χ3v) is 4.97. The monoisotopic (exact) mass is 383 g/mol. The van der Waals surface area contributed by atoms with E-state index in [2.05, 4.69) is 10.3 Å². The number of piperidine rings is 1. The minimum atomic E-state index is -0.175. The van der Waals surface area contributed by atoms with Crippen molar-refractivity contribution in [3.63, 3.8) is 0 Å². The number of carbonyl (C=O) groups excluding carboxylic acids is 2. The van der Waals surface area contributed by atoms with Crippen LogP contribution in [0.15, 0.2) is 53.1 Å². The molecule has 1 N–H and O–H groups in total. The molecule has 0 atom stereocenters. The van der Waals surface area contributed by atoms with E-state index in [9.17, 15) is 9.59 Å². The molecule has 1 aliphatic rings. The summed E-state index contributed by atoms with van der Waals surface area (Å²) in [5, 5.41) is 4.12. The van der Waals surface area contributed by atoms with Crippen LogP contribution in [0.4, 0.5) is 0 Å². The molecule has 1 saturated heterocycles. The van der Waals surface area contributed by atoms with Gasteiger partial charge in [0, 0.05) is 24.5 Å². The van der Waals surface area contributed by atoms with Gasteiger partial charge in [0.2, 0.25) is 0 Å². The molecular formula is C20H18ClN3O3. The van der Waals surface area contributed by atoms with Crippen molar-refractivity contribution >= 4 is 34.3 Å². The number of amides is 2. The van der Waals surface area contributed by atoms with Gasteiger partial charge in [-0.3, -0.25) is 9.59 Å². The van der Waals surface area contributed by atoms with E-state index >= 15 is 0 Å². The molecule has 3 aromatic rings. The minimum Gasteiger partial charge on any atom is -0.459 e. The normalized spacial score (nSPS) is 15.1. The SMILES string of the molecule is O=C(NC1CCN(C(=O)c2ccco2)CC1)c1cc(Cl)nc2ccccc12. The Labute approximate surface area is 161 Å². The zero-order chi connectivity index (χ0) is 18.8. The first-order chi connectivity index (χ1) is 13.1. The molecule has 0 radical (unpaired) electrons. The molecule has 7 heteroatoms. The molecule has 1 aromatic carbocycles. The summed E-state index contributed by atoms with van der Waals surface area (Å²) in [6.45, 7) is 1.14. The number of furan rings is 1. The van der Waals surface area contributed by atoms with Crippen LogP contribution in [0.3, 0.4) is 0 Å². The molecule has 0 bridgehead atoms. The second kappa shape index (κ2) is 7.40. The lowest BCUT2D eigenvalue weighted by Crippen LogP contribution is -2.46. The maximum absolute atomic E-state index is 12.8. The summed E-state index contributed by atoms with van der Waals surface area (Å²) in [7, 11) is 0. The van der Waals surface area contributed by atoms with Gasteiger partial charge < -0.3 is 14.6 Å². The predicted molar refractivity (Wildman–Crippen MR) is 102 cm³/mol. The Morgan fingerprint density at radius 3 is 2.67 bits per heavy atom. The van der Waals surface area contributed by atoms with Crippen LogP contribution in [-0.2, 0) is 0 Å². The highest BCUT2D eigenvalue weighted by Crippen LogP contribution is 2.22. The first-order valence-corrected chi connectivity index (χ1v) is 9.18. The van der Waals surface area contributed by atoms with Crippen LogP contribution in [0.2, 0.25) is 5.15 Å². The number of para-hydroxylation sites is 1. The molecule has 0 aliphatic carbocycles. The van der Waals surface area contributed by atoms with Crippen molar-refractivity contribution in [1.82, 2.24) is 15.2 Å². The molecule has 1 aliphatic heterocycles. The summed E-state index contributed by atoms with van der Waals surface area (Å²) >= 11 is 6.07. The fourth-order valence-electron chi connectivity index (χ4n) is 3.38. The number of carbonyl (C=O) groups is 2. The first-order valence-electron chi connectivity index (χ1n) is 8.81. The zero-order valence-corrected chi connectivity index (χ0v) is 15.3. The third-order valence-electron chi connectivity index (χ3n) is 4.78. The van der Waals surface area contributed by atoms with E-state index in [-0.39, 0.29) is 23.0 Å². The molecular weight excluding hydrogens is 366 g/mol. The largest absolute Gasteiger partial charge is 0.459 e. The number of fused-ring (bicyclic) bond motifs is 1. The van der Waals surface area contributed by atoms with Gasteiger partial charge in [0.1, 0.15) is 5.15 Å². The summed E-state index contributed by atoms with van der Waals surface area (Å²) in [5.74, 6) is 0.0541. The summed E-state index contributed by atoms with van der Waals surface area (Å²) in [6.07, 6.45) is 2.87. The number of nitrogens with zero attached hydrogens (tertiary/aromatic N) is 2. The van der Waals surface area contributed by atoms with E-state index in [0.717, 1.165) is 5.39 Å². The summed E-state index contributed by atoms with van der Waals surface area (Å²) < 4.78 is 5.17. The van der Waals surface area contributed by atoms with E-state index in [1.165, 1.54) is 6.26 Å². The predicted octanol–water partition coefficient (Wildman–Crippen LogP) is 3.52. The van der Waals surface area contributed by atoms with Gasteiger partial charge in [-0.15, -0.1) is 0 Å². The molecule has 4 rings (SSSR count). The summed E-state index contributed by atoms with van der Waals surface area (Å²) in [5.41, 5.74) is 1.20. The number of benzene rings is 1. The van der Waals surface area contributed by atoms with Gasteiger partial charge in [0.15, 0.2) is 5.76 Å². The molecule has 6 nitrogen and oxygen atoms in total. The van der Waals surface area contributed by atoms with Crippen LogP contribution in [0.1, 0.15) is 33.8 Å². The van der Waals surface area contributed by atoms with Gasteiger partial charge >= 0.3 is 0 Å². The lowest BCUT2D eigenvalue weighted by atomic mass is 10.0. The maximum Gasteiger partial charge on any atom is 0.289 e. The molecule has 27 heavy (non-hydrogen) atoms. The number of likely N-dealkylation sites (tertiary alicyclic amines) is 1. The lowest BCUT2D eigenvalue weighted by Gasteiger charge is -2.32. The van der Waals surface area contributed by atoms with Crippen LogP contribution in [0.25, 0.3) is 10.9 Å². The molecule has 3 heterocycles. The van der Waals surface area contributed by atoms with Crippen molar-refractivity contribution in [3.05, 3.63) is 65.2 Å².